The molecular formula is C29H39N5O3. The van der Waals surface area contributed by atoms with Crippen LogP contribution in [0.5, 0.6) is 0 Å². The molecule has 2 amide bonds. The molecule has 2 aromatic rings. The quantitative estimate of drug-likeness (QED) is 0.507. The predicted molar refractivity (Wildman–Crippen MR) is 147 cm³/mol. The standard InChI is InChI=1S/C29H39N5O3/c1-19-29(37)33(2)25-17-18-26(32-27(25)34(19)23-7-5-3-4-6-8-23)30-21-11-9-20(10-12-21)28(36)31-22-13-15-24(35)16-14-22/h9-12,17-19,22-24,35H,3-8,13-16H2,1-2H3,(H,30,32)(H,31,36)/t19-,22?,24?/m1/s1. The van der Waals surface area contributed by atoms with Crippen LogP contribution in [0.25, 0.3) is 0 Å². The monoisotopic (exact) mass is 505 g/mol. The normalized spacial score (nSPS) is 24.8. The molecule has 0 radical (unpaired) electrons. The van der Waals surface area contributed by atoms with Crippen molar-refractivity contribution in [2.24, 2.45) is 0 Å². The number of aliphatic hydroxyl groups is 1. The topological polar surface area (TPSA) is 97.8 Å². The van der Waals surface area contributed by atoms with Crippen LogP contribution in [0.3, 0.4) is 0 Å². The van der Waals surface area contributed by atoms with Gasteiger partial charge in [-0.2, -0.15) is 0 Å². The molecule has 1 atom stereocenters. The Kier molecular flexibility index (Phi) is 7.65. The molecule has 198 valence electrons. The van der Waals surface area contributed by atoms with E-state index in [1.807, 2.05) is 50.4 Å². The fraction of sp³-hybridized carbons (Fsp3) is 0.552. The van der Waals surface area contributed by atoms with E-state index in [1.54, 1.807) is 4.90 Å². The van der Waals surface area contributed by atoms with Crippen molar-refractivity contribution in [2.45, 2.75) is 95.4 Å². The lowest BCUT2D eigenvalue weighted by Gasteiger charge is -2.43. The number of benzene rings is 1. The third-order valence-corrected chi connectivity index (χ3v) is 8.24. The maximum atomic E-state index is 13.0. The summed E-state index contributed by atoms with van der Waals surface area (Å²) in [4.78, 5) is 34.7. The van der Waals surface area contributed by atoms with Gasteiger partial charge in [0.1, 0.15) is 11.9 Å². The largest absolute Gasteiger partial charge is 0.393 e. The summed E-state index contributed by atoms with van der Waals surface area (Å²) in [6.07, 6.45) is 9.93. The van der Waals surface area contributed by atoms with Gasteiger partial charge in [0.05, 0.1) is 11.8 Å². The van der Waals surface area contributed by atoms with Crippen molar-refractivity contribution < 1.29 is 14.7 Å². The van der Waals surface area contributed by atoms with Crippen LogP contribution in [0.2, 0.25) is 0 Å². The average Bonchev–Trinajstić information content (AvgIpc) is 3.19. The lowest BCUT2D eigenvalue weighted by atomic mass is 9.93. The Morgan fingerprint density at radius 1 is 0.946 bits per heavy atom. The van der Waals surface area contributed by atoms with Gasteiger partial charge in [-0.25, -0.2) is 4.98 Å². The van der Waals surface area contributed by atoms with Crippen LogP contribution >= 0.6 is 0 Å². The lowest BCUT2D eigenvalue weighted by molar-refractivity contribution is -0.119. The van der Waals surface area contributed by atoms with Crippen molar-refractivity contribution in [3.63, 3.8) is 0 Å². The van der Waals surface area contributed by atoms with Crippen molar-refractivity contribution in [3.8, 4) is 0 Å². The number of hydrogen-bond donors (Lipinski definition) is 3. The molecule has 1 aromatic heterocycles. The van der Waals surface area contributed by atoms with Gasteiger partial charge in [-0.05, 0) is 81.8 Å². The summed E-state index contributed by atoms with van der Waals surface area (Å²) in [6.45, 7) is 1.99. The van der Waals surface area contributed by atoms with Crippen LogP contribution in [-0.2, 0) is 4.79 Å². The van der Waals surface area contributed by atoms with Crippen LogP contribution in [-0.4, -0.2) is 53.2 Å². The van der Waals surface area contributed by atoms with Gasteiger partial charge in [0.15, 0.2) is 5.82 Å². The maximum absolute atomic E-state index is 13.0. The third kappa shape index (κ3) is 5.59. The van der Waals surface area contributed by atoms with Crippen molar-refractivity contribution >= 4 is 34.8 Å². The molecule has 1 aromatic carbocycles. The second kappa shape index (κ2) is 11.1. The lowest BCUT2D eigenvalue weighted by Crippen LogP contribution is -2.55. The number of anilines is 4. The average molecular weight is 506 g/mol. The second-order valence-corrected chi connectivity index (χ2v) is 10.8. The Labute approximate surface area is 219 Å². The number of carbonyl (C=O) groups is 2. The third-order valence-electron chi connectivity index (χ3n) is 8.24. The molecule has 3 aliphatic rings. The summed E-state index contributed by atoms with van der Waals surface area (Å²) in [5, 5.41) is 16.2. The van der Waals surface area contributed by atoms with E-state index < -0.39 is 0 Å². The van der Waals surface area contributed by atoms with Gasteiger partial charge in [0, 0.05) is 30.4 Å². The molecule has 0 unspecified atom stereocenters. The van der Waals surface area contributed by atoms with Crippen LogP contribution in [0.15, 0.2) is 36.4 Å². The molecular weight excluding hydrogens is 466 g/mol. The molecule has 2 heterocycles. The van der Waals surface area contributed by atoms with E-state index in [2.05, 4.69) is 15.5 Å². The maximum Gasteiger partial charge on any atom is 0.251 e. The van der Waals surface area contributed by atoms with Crippen LogP contribution in [0, 0.1) is 0 Å². The minimum absolute atomic E-state index is 0.0828. The summed E-state index contributed by atoms with van der Waals surface area (Å²) < 4.78 is 0. The molecule has 0 spiro atoms. The van der Waals surface area contributed by atoms with Gasteiger partial charge in [-0.15, -0.1) is 0 Å². The van der Waals surface area contributed by atoms with Crippen molar-refractivity contribution in [2.75, 3.05) is 22.2 Å². The number of amides is 2. The van der Waals surface area contributed by atoms with Crippen molar-refractivity contribution in [1.82, 2.24) is 10.3 Å². The van der Waals surface area contributed by atoms with Crippen LogP contribution < -0.4 is 20.4 Å². The molecule has 2 saturated carbocycles. The van der Waals surface area contributed by atoms with E-state index in [0.29, 0.717) is 17.4 Å². The summed E-state index contributed by atoms with van der Waals surface area (Å²) in [5.74, 6) is 1.60. The summed E-state index contributed by atoms with van der Waals surface area (Å²) >= 11 is 0. The molecule has 8 heteroatoms. The number of aromatic nitrogens is 1. The second-order valence-electron chi connectivity index (χ2n) is 10.8. The molecule has 2 fully saturated rings. The van der Waals surface area contributed by atoms with Gasteiger partial charge in [0.25, 0.3) is 5.91 Å². The molecule has 3 N–H and O–H groups in total. The highest BCUT2D eigenvalue weighted by Crippen LogP contribution is 2.39. The van der Waals surface area contributed by atoms with Crippen LogP contribution in [0.1, 0.15) is 81.5 Å². The highest BCUT2D eigenvalue weighted by Gasteiger charge is 2.38. The fourth-order valence-corrected chi connectivity index (χ4v) is 6.03. The Hall–Kier alpha value is -3.13. The first-order valence-corrected chi connectivity index (χ1v) is 13.8. The highest BCUT2D eigenvalue weighted by atomic mass is 16.3. The zero-order valence-electron chi connectivity index (χ0n) is 21.9. The Bertz CT molecular complexity index is 1110. The molecule has 0 bridgehead atoms. The number of hydrogen-bond acceptors (Lipinski definition) is 6. The first-order chi connectivity index (χ1) is 17.9. The summed E-state index contributed by atoms with van der Waals surface area (Å²) in [6, 6.07) is 11.5. The zero-order valence-corrected chi connectivity index (χ0v) is 21.9. The molecule has 8 nitrogen and oxygen atoms in total. The molecule has 37 heavy (non-hydrogen) atoms. The van der Waals surface area contributed by atoms with Crippen LogP contribution in [0.4, 0.5) is 23.0 Å². The van der Waals surface area contributed by atoms with E-state index >= 15 is 0 Å². The predicted octanol–water partition coefficient (Wildman–Crippen LogP) is 4.75. The van der Waals surface area contributed by atoms with E-state index in [0.717, 1.165) is 55.7 Å². The number of likely N-dealkylation sites (N-methyl/N-ethyl adjacent to an activating group) is 1. The van der Waals surface area contributed by atoms with Crippen molar-refractivity contribution in [3.05, 3.63) is 42.0 Å². The summed E-state index contributed by atoms with van der Waals surface area (Å²) in [7, 11) is 1.83. The minimum atomic E-state index is -0.242. The smallest absolute Gasteiger partial charge is 0.251 e. The first kappa shape index (κ1) is 25.5. The number of fused-ring (bicyclic) bond motifs is 1. The van der Waals surface area contributed by atoms with Gasteiger partial charge >= 0.3 is 0 Å². The zero-order chi connectivity index (χ0) is 25.9. The van der Waals surface area contributed by atoms with E-state index in [1.165, 1.54) is 25.7 Å². The Morgan fingerprint density at radius 2 is 1.62 bits per heavy atom. The number of aliphatic hydroxyl groups excluding tert-OH is 1. The van der Waals surface area contributed by atoms with E-state index in [-0.39, 0.29) is 30.0 Å². The molecule has 0 saturated heterocycles. The SMILES string of the molecule is C[C@@H]1C(=O)N(C)c2ccc(Nc3ccc(C(=O)NC4CCC(O)CC4)cc3)nc2N1C1CCCCCC1. The van der Waals surface area contributed by atoms with E-state index in [9.17, 15) is 14.7 Å². The minimum Gasteiger partial charge on any atom is -0.393 e. The molecule has 5 rings (SSSR count). The molecule has 1 aliphatic heterocycles. The number of carbonyl (C=O) groups excluding carboxylic acids is 2. The Morgan fingerprint density at radius 3 is 2.30 bits per heavy atom. The number of nitrogens with one attached hydrogen (secondary N) is 2. The summed E-state index contributed by atoms with van der Waals surface area (Å²) in [5.41, 5.74) is 2.31. The molecule has 2 aliphatic carbocycles. The van der Waals surface area contributed by atoms with Gasteiger partial charge in [0.2, 0.25) is 5.91 Å². The first-order valence-electron chi connectivity index (χ1n) is 13.8. The van der Waals surface area contributed by atoms with Crippen molar-refractivity contribution in [1.29, 1.82) is 0 Å². The van der Waals surface area contributed by atoms with Gasteiger partial charge < -0.3 is 25.5 Å². The number of pyridine rings is 1. The fourth-order valence-electron chi connectivity index (χ4n) is 6.03. The number of rotatable bonds is 5. The Balaban J connectivity index is 1.31. The van der Waals surface area contributed by atoms with E-state index in [4.69, 9.17) is 4.98 Å². The highest BCUT2D eigenvalue weighted by molar-refractivity contribution is 6.04. The van der Waals surface area contributed by atoms with Gasteiger partial charge in [-0.3, -0.25) is 9.59 Å². The van der Waals surface area contributed by atoms with Gasteiger partial charge in [-0.1, -0.05) is 25.7 Å². The number of nitrogens with zero attached hydrogens (tertiary/aromatic N) is 3.